The first-order valence-electron chi connectivity index (χ1n) is 9.12. The average molecular weight is 361 g/mol. The van der Waals surface area contributed by atoms with Crippen molar-refractivity contribution in [1.82, 2.24) is 0 Å². The second-order valence-corrected chi connectivity index (χ2v) is 7.00. The molecule has 0 radical (unpaired) electrons. The summed E-state index contributed by atoms with van der Waals surface area (Å²) < 4.78 is 13.3. The standard InChI is InChI=1S/C23H21FN2O/c1-15-6-8-16(9-7-15)20-14-21(19-4-2-3-5-22(19)27)26-23(25-20)17-10-12-18(24)13-11-17/h2-13,21,23,26-27H,14H2,1H3/p+1/t21-,23-/m1/s1. The van der Waals surface area contributed by atoms with Crippen molar-refractivity contribution in [2.45, 2.75) is 25.6 Å². The lowest BCUT2D eigenvalue weighted by Gasteiger charge is -2.27. The Morgan fingerprint density at radius 2 is 1.67 bits per heavy atom. The highest BCUT2D eigenvalue weighted by molar-refractivity contribution is 6.01. The van der Waals surface area contributed by atoms with E-state index in [1.165, 1.54) is 17.7 Å². The Hall–Kier alpha value is -2.98. The number of phenolic OH excluding ortho intramolecular Hbond substituents is 1. The van der Waals surface area contributed by atoms with Gasteiger partial charge in [-0.2, -0.15) is 0 Å². The molecule has 27 heavy (non-hydrogen) atoms. The molecule has 3 nitrogen and oxygen atoms in total. The smallest absolute Gasteiger partial charge is 0.206 e. The van der Waals surface area contributed by atoms with Crippen LogP contribution in [0.1, 0.15) is 40.9 Å². The average Bonchev–Trinajstić information content (AvgIpc) is 2.69. The molecule has 4 heteroatoms. The van der Waals surface area contributed by atoms with Crippen LogP contribution in [0.3, 0.4) is 0 Å². The third-order valence-electron chi connectivity index (χ3n) is 5.06. The quantitative estimate of drug-likeness (QED) is 0.727. The number of nitrogens with two attached hydrogens (primary N) is 1. The molecule has 0 aromatic heterocycles. The van der Waals surface area contributed by atoms with Crippen LogP contribution in [-0.4, -0.2) is 10.8 Å². The SMILES string of the molecule is Cc1ccc(C2=N[C@@H](c3ccc(F)cc3)[NH2+][C@@H](c3ccccc3O)C2)cc1. The van der Waals surface area contributed by atoms with Crippen LogP contribution in [-0.2, 0) is 0 Å². The van der Waals surface area contributed by atoms with E-state index in [0.29, 0.717) is 5.75 Å². The fourth-order valence-electron chi connectivity index (χ4n) is 3.56. The number of aromatic hydroxyl groups is 1. The summed E-state index contributed by atoms with van der Waals surface area (Å²) in [6.07, 6.45) is 0.540. The normalized spacial score (nSPS) is 19.6. The van der Waals surface area contributed by atoms with E-state index in [-0.39, 0.29) is 18.0 Å². The molecule has 0 aliphatic carbocycles. The summed E-state index contributed by atoms with van der Waals surface area (Å²) >= 11 is 0. The van der Waals surface area contributed by atoms with Crippen LogP contribution in [0.4, 0.5) is 4.39 Å². The van der Waals surface area contributed by atoms with Crippen LogP contribution in [0.25, 0.3) is 0 Å². The number of nitrogens with zero attached hydrogens (tertiary/aromatic N) is 1. The summed E-state index contributed by atoms with van der Waals surface area (Å²) in [5.41, 5.74) is 5.13. The minimum atomic E-state index is -0.255. The molecule has 0 saturated heterocycles. The van der Waals surface area contributed by atoms with E-state index in [4.69, 9.17) is 4.99 Å². The van der Waals surface area contributed by atoms with Gasteiger partial charge in [0.15, 0.2) is 0 Å². The van der Waals surface area contributed by atoms with Gasteiger partial charge in [-0.3, -0.25) is 0 Å². The Kier molecular flexibility index (Phi) is 4.73. The second kappa shape index (κ2) is 7.33. The Morgan fingerprint density at radius 1 is 0.963 bits per heavy atom. The van der Waals surface area contributed by atoms with Crippen LogP contribution in [0, 0.1) is 12.7 Å². The monoisotopic (exact) mass is 361 g/mol. The molecule has 3 N–H and O–H groups in total. The number of hydrogen-bond donors (Lipinski definition) is 2. The van der Waals surface area contributed by atoms with Crippen LogP contribution in [0.15, 0.2) is 77.8 Å². The highest BCUT2D eigenvalue weighted by atomic mass is 19.1. The molecule has 0 unspecified atom stereocenters. The Bertz CT molecular complexity index is 964. The number of aryl methyl sites for hydroxylation is 1. The number of hydrogen-bond acceptors (Lipinski definition) is 2. The molecule has 1 heterocycles. The maximum Gasteiger partial charge on any atom is 0.206 e. The fraction of sp³-hybridized carbons (Fsp3) is 0.174. The largest absolute Gasteiger partial charge is 0.507 e. The van der Waals surface area contributed by atoms with Crippen molar-refractivity contribution >= 4 is 5.71 Å². The van der Waals surface area contributed by atoms with Crippen molar-refractivity contribution in [3.8, 4) is 5.75 Å². The minimum absolute atomic E-state index is 0.0371. The van der Waals surface area contributed by atoms with Gasteiger partial charge >= 0.3 is 0 Å². The molecule has 1 aliphatic heterocycles. The van der Waals surface area contributed by atoms with Gasteiger partial charge in [0.2, 0.25) is 6.17 Å². The number of aliphatic imine (C=N–C) groups is 1. The van der Waals surface area contributed by atoms with Gasteiger partial charge in [-0.15, -0.1) is 0 Å². The van der Waals surface area contributed by atoms with Crippen molar-refractivity contribution in [3.63, 3.8) is 0 Å². The molecule has 0 amide bonds. The zero-order valence-electron chi connectivity index (χ0n) is 15.1. The number of para-hydroxylation sites is 1. The van der Waals surface area contributed by atoms with Gasteiger partial charge in [-0.25, -0.2) is 9.38 Å². The topological polar surface area (TPSA) is 49.2 Å². The molecule has 0 fully saturated rings. The van der Waals surface area contributed by atoms with E-state index in [1.54, 1.807) is 18.2 Å². The summed E-state index contributed by atoms with van der Waals surface area (Å²) in [5.74, 6) is 0.0383. The summed E-state index contributed by atoms with van der Waals surface area (Å²) in [6.45, 7) is 2.06. The number of halogens is 1. The predicted octanol–water partition coefficient (Wildman–Crippen LogP) is 4.04. The van der Waals surface area contributed by atoms with E-state index in [0.717, 1.165) is 28.8 Å². The zero-order chi connectivity index (χ0) is 18.8. The lowest BCUT2D eigenvalue weighted by molar-refractivity contribution is -0.735. The number of rotatable bonds is 3. The third kappa shape index (κ3) is 3.76. The first-order chi connectivity index (χ1) is 13.1. The minimum Gasteiger partial charge on any atom is -0.507 e. The Balaban J connectivity index is 1.75. The van der Waals surface area contributed by atoms with Crippen molar-refractivity contribution in [2.75, 3.05) is 0 Å². The van der Waals surface area contributed by atoms with Gasteiger partial charge in [-0.1, -0.05) is 42.0 Å². The molecule has 136 valence electrons. The van der Waals surface area contributed by atoms with Crippen molar-refractivity contribution in [2.24, 2.45) is 4.99 Å². The molecule has 1 aliphatic rings. The molecule has 0 saturated carbocycles. The van der Waals surface area contributed by atoms with Crippen LogP contribution < -0.4 is 5.32 Å². The zero-order valence-corrected chi connectivity index (χ0v) is 15.1. The van der Waals surface area contributed by atoms with Gasteiger partial charge in [0.1, 0.15) is 17.6 Å². The van der Waals surface area contributed by atoms with Crippen molar-refractivity contribution in [3.05, 3.63) is 101 Å². The lowest BCUT2D eigenvalue weighted by Crippen LogP contribution is -2.87. The highest BCUT2D eigenvalue weighted by Gasteiger charge is 2.31. The second-order valence-electron chi connectivity index (χ2n) is 7.00. The van der Waals surface area contributed by atoms with E-state index < -0.39 is 0 Å². The fourth-order valence-corrected chi connectivity index (χ4v) is 3.56. The van der Waals surface area contributed by atoms with Gasteiger partial charge in [0.05, 0.1) is 11.3 Å². The lowest BCUT2D eigenvalue weighted by atomic mass is 9.93. The van der Waals surface area contributed by atoms with E-state index in [2.05, 4.69) is 36.5 Å². The van der Waals surface area contributed by atoms with E-state index in [9.17, 15) is 9.50 Å². The van der Waals surface area contributed by atoms with Crippen LogP contribution in [0.5, 0.6) is 5.75 Å². The van der Waals surface area contributed by atoms with Gasteiger partial charge in [-0.05, 0) is 48.9 Å². The van der Waals surface area contributed by atoms with Crippen LogP contribution >= 0.6 is 0 Å². The van der Waals surface area contributed by atoms with E-state index in [1.807, 2.05) is 18.2 Å². The molecule has 0 bridgehead atoms. The van der Waals surface area contributed by atoms with Gasteiger partial charge in [0.25, 0.3) is 0 Å². The number of benzene rings is 3. The summed E-state index contributed by atoms with van der Waals surface area (Å²) in [5, 5.41) is 12.5. The maximum atomic E-state index is 13.3. The highest BCUT2D eigenvalue weighted by Crippen LogP contribution is 2.29. The molecular formula is C23H22FN2O+. The van der Waals surface area contributed by atoms with Gasteiger partial charge in [0, 0.05) is 12.0 Å². The Labute approximate surface area is 158 Å². The number of quaternary nitrogens is 1. The van der Waals surface area contributed by atoms with Gasteiger partial charge < -0.3 is 10.4 Å². The molecule has 4 rings (SSSR count). The van der Waals surface area contributed by atoms with Crippen molar-refractivity contribution in [1.29, 1.82) is 0 Å². The van der Waals surface area contributed by atoms with E-state index >= 15 is 0 Å². The summed E-state index contributed by atoms with van der Waals surface area (Å²) in [7, 11) is 0. The molecule has 2 atom stereocenters. The molecule has 3 aromatic carbocycles. The molecular weight excluding hydrogens is 339 g/mol. The number of phenols is 1. The predicted molar refractivity (Wildman–Crippen MR) is 104 cm³/mol. The molecule has 3 aromatic rings. The Morgan fingerprint density at radius 3 is 2.37 bits per heavy atom. The maximum absolute atomic E-state index is 13.3. The first kappa shape index (κ1) is 17.4. The van der Waals surface area contributed by atoms with Crippen molar-refractivity contribution < 1.29 is 14.8 Å². The first-order valence-corrected chi connectivity index (χ1v) is 9.12. The third-order valence-corrected chi connectivity index (χ3v) is 5.06. The molecule has 0 spiro atoms. The van der Waals surface area contributed by atoms with Crippen LogP contribution in [0.2, 0.25) is 0 Å². The summed E-state index contributed by atoms with van der Waals surface area (Å²) in [6, 6.07) is 22.3. The summed E-state index contributed by atoms with van der Waals surface area (Å²) in [4.78, 5) is 4.94.